The van der Waals surface area contributed by atoms with Gasteiger partial charge in [0.1, 0.15) is 18.2 Å². The van der Waals surface area contributed by atoms with Gasteiger partial charge in [0.25, 0.3) is 0 Å². The number of alkyl halides is 3. The zero-order valence-corrected chi connectivity index (χ0v) is 41.7. The Labute approximate surface area is 418 Å². The highest BCUT2D eigenvalue weighted by atomic mass is 19.4. The number of aromatic nitrogens is 3. The van der Waals surface area contributed by atoms with E-state index < -0.39 is 23.7 Å². The predicted molar refractivity (Wildman–Crippen MR) is 262 cm³/mol. The lowest BCUT2D eigenvalue weighted by molar-refractivity contribution is -0.137. The van der Waals surface area contributed by atoms with Gasteiger partial charge in [-0.25, -0.2) is 9.97 Å². The van der Waals surface area contributed by atoms with Crippen LogP contribution in [0.15, 0.2) is 49.1 Å². The van der Waals surface area contributed by atoms with E-state index in [2.05, 4.69) is 67.3 Å². The molecule has 6 atom stereocenters. The molecule has 3 aromatic rings. The average molecular weight is 1010 g/mol. The Balaban J connectivity index is 0.780. The van der Waals surface area contributed by atoms with Crippen LogP contribution in [0.5, 0.6) is 0 Å². The van der Waals surface area contributed by atoms with Gasteiger partial charge in [0.05, 0.1) is 48.3 Å². The number of fused-ring (bicyclic) bond motifs is 1. The number of amides is 6. The minimum Gasteiger partial charge on any atom is -0.379 e. The Morgan fingerprint density at radius 3 is 2.39 bits per heavy atom. The third-order valence-corrected chi connectivity index (χ3v) is 15.0. The van der Waals surface area contributed by atoms with Gasteiger partial charge >= 0.3 is 6.18 Å². The second kappa shape index (κ2) is 24.6. The fourth-order valence-corrected chi connectivity index (χ4v) is 10.7. The fraction of sp³-hybridized carbons (Fsp3) is 0.627. The van der Waals surface area contributed by atoms with E-state index in [0.29, 0.717) is 44.3 Å². The molecule has 2 saturated heterocycles. The van der Waals surface area contributed by atoms with Crippen molar-refractivity contribution < 1.29 is 46.7 Å². The number of nitrogens with zero attached hydrogens (tertiary/aromatic N) is 6. The normalized spacial score (nSPS) is 24.7. The van der Waals surface area contributed by atoms with Crippen LogP contribution >= 0.6 is 0 Å². The van der Waals surface area contributed by atoms with Crippen molar-refractivity contribution in [3.8, 4) is 0 Å². The minimum atomic E-state index is -4.56. The molecule has 0 radical (unpaired) electrons. The fourth-order valence-electron chi connectivity index (χ4n) is 10.7. The standard InChI is InChI=1S/C51H70F3N11O7/c1-31(2)63(3)36-15-17-42(65-22-18-40(50(65)71)62-48-37-25-34(51(52,53)54)12-16-39(37)58-30-59-48)41(26-36)61-45(68)9-5-8-44(67)60-35-13-10-32(11-14-35)28-57-43(66)19-23-72-24-21-56-49(70)38-27-46(69)64(4)47(38)33-7-6-20-55-29-33/h6-7,12,16,20,25,29-32,35-36,38,40-42,47H,5,8-11,13-15,17-19,21-24,26-28H2,1-4H3,(H,56,70)(H,57,66)(H,60,67)(H,61,68)(H,58,59,62)/t32-,35-,36-,38+,40+,41-,42+,47-/m1/s1. The monoisotopic (exact) mass is 1010 g/mol. The highest BCUT2D eigenvalue weighted by Gasteiger charge is 2.44. The quantitative estimate of drug-likeness (QED) is 0.0932. The maximum atomic E-state index is 14.0. The molecule has 392 valence electrons. The van der Waals surface area contributed by atoms with E-state index in [9.17, 15) is 41.9 Å². The maximum absolute atomic E-state index is 14.0. The Kier molecular flexibility index (Phi) is 18.4. The van der Waals surface area contributed by atoms with Gasteiger partial charge in [-0.15, -0.1) is 0 Å². The topological polar surface area (TPSA) is 220 Å². The number of benzene rings is 1. The van der Waals surface area contributed by atoms with Crippen LogP contribution in [0.1, 0.15) is 114 Å². The largest absolute Gasteiger partial charge is 0.416 e. The third-order valence-electron chi connectivity index (χ3n) is 15.0. The van der Waals surface area contributed by atoms with Crippen LogP contribution in [-0.2, 0) is 39.7 Å². The van der Waals surface area contributed by atoms with Gasteiger partial charge in [0, 0.05) is 88.3 Å². The summed E-state index contributed by atoms with van der Waals surface area (Å²) in [6.07, 6.45) is 6.79. The molecule has 18 nitrogen and oxygen atoms in total. The van der Waals surface area contributed by atoms with Crippen LogP contribution in [-0.4, -0.2) is 148 Å². The van der Waals surface area contributed by atoms with Gasteiger partial charge in [0.2, 0.25) is 35.4 Å². The first-order valence-corrected chi connectivity index (χ1v) is 25.4. The van der Waals surface area contributed by atoms with Gasteiger partial charge in [-0.2, -0.15) is 13.2 Å². The second-order valence-corrected chi connectivity index (χ2v) is 20.1. The highest BCUT2D eigenvalue weighted by Crippen LogP contribution is 2.37. The van der Waals surface area contributed by atoms with E-state index in [-0.39, 0.29) is 134 Å². The molecule has 4 fully saturated rings. The van der Waals surface area contributed by atoms with E-state index in [1.165, 1.54) is 12.4 Å². The number of halogens is 3. The van der Waals surface area contributed by atoms with Crippen molar-refractivity contribution in [2.24, 2.45) is 11.8 Å². The summed E-state index contributed by atoms with van der Waals surface area (Å²) in [7, 11) is 3.75. The molecule has 2 aliphatic heterocycles. The summed E-state index contributed by atoms with van der Waals surface area (Å²) >= 11 is 0. The number of carbonyl (C=O) groups is 6. The van der Waals surface area contributed by atoms with E-state index >= 15 is 0 Å². The second-order valence-electron chi connectivity index (χ2n) is 20.1. The van der Waals surface area contributed by atoms with Gasteiger partial charge < -0.3 is 46.0 Å². The summed E-state index contributed by atoms with van der Waals surface area (Å²) in [5.74, 6) is -1.05. The lowest BCUT2D eigenvalue weighted by atomic mass is 9.84. The summed E-state index contributed by atoms with van der Waals surface area (Å²) in [4.78, 5) is 96.5. The molecule has 7 rings (SSSR count). The molecular formula is C51H70F3N11O7. The number of ether oxygens (including phenoxy) is 1. The Morgan fingerprint density at radius 2 is 1.67 bits per heavy atom. The third kappa shape index (κ3) is 14.0. The lowest BCUT2D eigenvalue weighted by Gasteiger charge is -2.44. The molecule has 2 saturated carbocycles. The molecular weight excluding hydrogens is 936 g/mol. The van der Waals surface area contributed by atoms with E-state index in [0.717, 1.165) is 49.8 Å². The molecule has 6 amide bonds. The first-order chi connectivity index (χ1) is 34.5. The molecule has 5 N–H and O–H groups in total. The highest BCUT2D eigenvalue weighted by molar-refractivity contribution is 5.93. The van der Waals surface area contributed by atoms with Gasteiger partial charge in [0.15, 0.2) is 0 Å². The smallest absolute Gasteiger partial charge is 0.379 e. The SMILES string of the molecule is CC(C)N(C)[C@@H]1CC[C@H](N2CC[C@H](Nc3ncnc4ccc(C(F)(F)F)cc34)C2=O)[C@H](NC(=O)CCCC(=O)N[C@H]2CC[C@H](CNC(=O)CCOCCNC(=O)[C@H]3CC(=O)N(C)[C@@H]3c3cccnc3)CC2)C1. The molecule has 21 heteroatoms. The van der Waals surface area contributed by atoms with Crippen LogP contribution < -0.4 is 26.6 Å². The van der Waals surface area contributed by atoms with Crippen molar-refractivity contribution in [3.63, 3.8) is 0 Å². The summed E-state index contributed by atoms with van der Waals surface area (Å²) in [6.45, 7) is 5.86. The number of hydrogen-bond acceptors (Lipinski definition) is 12. The predicted octanol–water partition coefficient (Wildman–Crippen LogP) is 4.51. The zero-order chi connectivity index (χ0) is 51.5. The number of carbonyl (C=O) groups excluding carboxylic acids is 6. The van der Waals surface area contributed by atoms with Crippen molar-refractivity contribution in [2.45, 2.75) is 146 Å². The van der Waals surface area contributed by atoms with Crippen molar-refractivity contribution in [3.05, 3.63) is 60.2 Å². The molecule has 4 aliphatic rings. The summed E-state index contributed by atoms with van der Waals surface area (Å²) in [5.41, 5.74) is 0.292. The van der Waals surface area contributed by atoms with E-state index in [1.54, 1.807) is 35.3 Å². The number of anilines is 1. The van der Waals surface area contributed by atoms with Crippen LogP contribution in [0.25, 0.3) is 10.9 Å². The number of hydrogen-bond donors (Lipinski definition) is 5. The van der Waals surface area contributed by atoms with Crippen molar-refractivity contribution >= 4 is 52.2 Å². The molecule has 2 aliphatic carbocycles. The van der Waals surface area contributed by atoms with Crippen molar-refractivity contribution in [1.82, 2.24) is 50.9 Å². The molecule has 72 heavy (non-hydrogen) atoms. The molecule has 1 aromatic carbocycles. The lowest BCUT2D eigenvalue weighted by Crippen LogP contribution is -2.58. The molecule has 2 aromatic heterocycles. The first kappa shape index (κ1) is 53.8. The van der Waals surface area contributed by atoms with E-state index in [1.807, 2.05) is 6.07 Å². The van der Waals surface area contributed by atoms with Gasteiger partial charge in [-0.3, -0.25) is 33.8 Å². The van der Waals surface area contributed by atoms with Crippen LogP contribution in [0.4, 0.5) is 19.0 Å². The average Bonchev–Trinajstić information content (AvgIpc) is 3.87. The number of likely N-dealkylation sites (tertiary alicyclic amines) is 2. The molecule has 0 bridgehead atoms. The molecule has 4 heterocycles. The summed E-state index contributed by atoms with van der Waals surface area (Å²) in [5, 5.41) is 15.5. The molecule has 0 spiro atoms. The Morgan fingerprint density at radius 1 is 0.903 bits per heavy atom. The van der Waals surface area contributed by atoms with Crippen molar-refractivity contribution in [2.75, 3.05) is 52.3 Å². The van der Waals surface area contributed by atoms with Crippen LogP contribution in [0.2, 0.25) is 0 Å². The molecule has 0 unspecified atom stereocenters. The summed E-state index contributed by atoms with van der Waals surface area (Å²) < 4.78 is 46.3. The Hall–Kier alpha value is -5.96. The number of pyridine rings is 1. The van der Waals surface area contributed by atoms with Gasteiger partial charge in [-0.05, 0) is 114 Å². The van der Waals surface area contributed by atoms with Crippen LogP contribution in [0.3, 0.4) is 0 Å². The van der Waals surface area contributed by atoms with Crippen LogP contribution in [0, 0.1) is 11.8 Å². The first-order valence-electron chi connectivity index (χ1n) is 25.4. The number of nitrogens with one attached hydrogen (secondary N) is 5. The zero-order valence-electron chi connectivity index (χ0n) is 41.7. The number of rotatable bonds is 21. The summed E-state index contributed by atoms with van der Waals surface area (Å²) in [6, 6.07) is 5.63. The minimum absolute atomic E-state index is 0.0167. The Bertz CT molecular complexity index is 2370. The maximum Gasteiger partial charge on any atom is 0.416 e. The van der Waals surface area contributed by atoms with Crippen molar-refractivity contribution in [1.29, 1.82) is 0 Å². The van der Waals surface area contributed by atoms with E-state index in [4.69, 9.17) is 4.74 Å². The van der Waals surface area contributed by atoms with Gasteiger partial charge in [-0.1, -0.05) is 6.07 Å².